The van der Waals surface area contributed by atoms with Crippen molar-refractivity contribution in [2.24, 2.45) is 5.92 Å². The van der Waals surface area contributed by atoms with Crippen molar-refractivity contribution in [1.29, 1.82) is 0 Å². The second-order valence-corrected chi connectivity index (χ2v) is 12.6. The monoisotopic (exact) mass is 642 g/mol. The number of benzene rings is 3. The number of likely N-dealkylation sites (tertiary alicyclic amines) is 1. The minimum absolute atomic E-state index is 0.0251. The summed E-state index contributed by atoms with van der Waals surface area (Å²) in [6.07, 6.45) is 0.495. The van der Waals surface area contributed by atoms with Gasteiger partial charge in [0.05, 0.1) is 36.3 Å². The molecule has 3 heterocycles. The molecule has 11 nitrogen and oxygen atoms in total. The lowest BCUT2D eigenvalue weighted by Crippen LogP contribution is -2.47. The quantitative estimate of drug-likeness (QED) is 0.188. The number of para-hydroxylation sites is 2. The molecule has 0 bridgehead atoms. The van der Waals surface area contributed by atoms with Gasteiger partial charge < -0.3 is 34.9 Å². The summed E-state index contributed by atoms with van der Waals surface area (Å²) in [6.45, 7) is 4.84. The van der Waals surface area contributed by atoms with Crippen LogP contribution >= 0.6 is 0 Å². The summed E-state index contributed by atoms with van der Waals surface area (Å²) >= 11 is 0. The predicted octanol–water partition coefficient (Wildman–Crippen LogP) is 4.43. The number of imidazole rings is 1. The Morgan fingerprint density at radius 1 is 0.915 bits per heavy atom. The van der Waals surface area contributed by atoms with Crippen molar-refractivity contribution < 1.29 is 29.3 Å². The first-order valence-electron chi connectivity index (χ1n) is 16.3. The molecule has 3 aromatic carbocycles. The normalized spacial score (nSPS) is 22.3. The molecule has 1 aromatic heterocycles. The Kier molecular flexibility index (Phi) is 10.2. The van der Waals surface area contributed by atoms with E-state index < -0.39 is 12.3 Å². The van der Waals surface area contributed by atoms with Gasteiger partial charge in [0.1, 0.15) is 0 Å². The van der Waals surface area contributed by atoms with Crippen LogP contribution in [0.15, 0.2) is 77.6 Å². The predicted molar refractivity (Wildman–Crippen MR) is 175 cm³/mol. The minimum atomic E-state index is -1.00. The average Bonchev–Trinajstić information content (AvgIpc) is 3.43. The SMILES string of the molecule is CC1C(CN2CCC(n3c(=O)[nH]c4ccccc43)CC2)OC(c2ccc(CNC(=O)CCC(=O)O)cc2)OC1c1ccc(CO)cc1. The van der Waals surface area contributed by atoms with E-state index in [1.54, 1.807) is 0 Å². The molecule has 4 aromatic rings. The van der Waals surface area contributed by atoms with E-state index in [9.17, 15) is 19.5 Å². The highest BCUT2D eigenvalue weighted by Crippen LogP contribution is 2.42. The molecular weight excluding hydrogens is 600 g/mol. The third-order valence-electron chi connectivity index (χ3n) is 9.42. The van der Waals surface area contributed by atoms with E-state index in [0.29, 0.717) is 6.54 Å². The van der Waals surface area contributed by atoms with Crippen LogP contribution in [0.2, 0.25) is 0 Å². The summed E-state index contributed by atoms with van der Waals surface area (Å²) in [5.74, 6) is -1.26. The molecular formula is C36H42N4O7. The fourth-order valence-electron chi connectivity index (χ4n) is 6.68. The lowest BCUT2D eigenvalue weighted by molar-refractivity contribution is -0.276. The molecule has 2 fully saturated rings. The van der Waals surface area contributed by atoms with Gasteiger partial charge in [-0.15, -0.1) is 0 Å². The highest BCUT2D eigenvalue weighted by atomic mass is 16.7. The number of aromatic nitrogens is 2. The molecule has 0 spiro atoms. The number of carbonyl (C=O) groups excluding carboxylic acids is 1. The summed E-state index contributed by atoms with van der Waals surface area (Å²) in [4.78, 5) is 40.9. The van der Waals surface area contributed by atoms with Gasteiger partial charge in [-0.3, -0.25) is 14.2 Å². The van der Waals surface area contributed by atoms with Crippen LogP contribution < -0.4 is 11.0 Å². The van der Waals surface area contributed by atoms with Gasteiger partial charge in [0.15, 0.2) is 6.29 Å². The summed E-state index contributed by atoms with van der Waals surface area (Å²) in [5, 5.41) is 21.1. The molecule has 4 N–H and O–H groups in total. The van der Waals surface area contributed by atoms with Gasteiger partial charge in [-0.05, 0) is 41.7 Å². The van der Waals surface area contributed by atoms with Crippen molar-refractivity contribution in [2.45, 2.75) is 70.3 Å². The lowest BCUT2D eigenvalue weighted by Gasteiger charge is -2.44. The van der Waals surface area contributed by atoms with Gasteiger partial charge in [-0.25, -0.2) is 4.79 Å². The van der Waals surface area contributed by atoms with E-state index in [-0.39, 0.29) is 55.2 Å². The Morgan fingerprint density at radius 3 is 2.30 bits per heavy atom. The number of aliphatic hydroxyl groups excluding tert-OH is 1. The van der Waals surface area contributed by atoms with E-state index in [0.717, 1.165) is 65.8 Å². The fraction of sp³-hybridized carbons (Fsp3) is 0.417. The number of carboxylic acid groups (broad SMARTS) is 1. The fourth-order valence-corrected chi connectivity index (χ4v) is 6.68. The maximum Gasteiger partial charge on any atom is 0.326 e. The molecule has 6 rings (SSSR count). The number of nitrogens with zero attached hydrogens (tertiary/aromatic N) is 2. The zero-order valence-electron chi connectivity index (χ0n) is 26.5. The molecule has 0 radical (unpaired) electrons. The lowest BCUT2D eigenvalue weighted by atomic mass is 9.89. The number of aromatic amines is 1. The molecule has 2 saturated heterocycles. The van der Waals surface area contributed by atoms with E-state index in [2.05, 4.69) is 22.1 Å². The molecule has 4 atom stereocenters. The van der Waals surface area contributed by atoms with Crippen LogP contribution in [0, 0.1) is 5.92 Å². The number of ether oxygens (including phenoxy) is 2. The summed E-state index contributed by atoms with van der Waals surface area (Å²) in [6, 6.07) is 23.5. The van der Waals surface area contributed by atoms with E-state index in [1.807, 2.05) is 77.4 Å². The van der Waals surface area contributed by atoms with Gasteiger partial charge >= 0.3 is 11.7 Å². The number of H-pyrrole nitrogens is 1. The van der Waals surface area contributed by atoms with Crippen LogP contribution in [0.5, 0.6) is 0 Å². The second-order valence-electron chi connectivity index (χ2n) is 12.6. The molecule has 47 heavy (non-hydrogen) atoms. The van der Waals surface area contributed by atoms with Gasteiger partial charge in [0.25, 0.3) is 0 Å². The molecule has 0 saturated carbocycles. The Morgan fingerprint density at radius 2 is 1.60 bits per heavy atom. The van der Waals surface area contributed by atoms with E-state index in [1.165, 1.54) is 0 Å². The first-order valence-corrected chi connectivity index (χ1v) is 16.3. The molecule has 248 valence electrons. The number of rotatable bonds is 11. The number of carboxylic acids is 1. The van der Waals surface area contributed by atoms with Crippen LogP contribution in [-0.2, 0) is 32.2 Å². The van der Waals surface area contributed by atoms with Crippen molar-refractivity contribution in [1.82, 2.24) is 19.8 Å². The molecule has 4 unspecified atom stereocenters. The van der Waals surface area contributed by atoms with Gasteiger partial charge in [-0.2, -0.15) is 0 Å². The minimum Gasteiger partial charge on any atom is -0.481 e. The van der Waals surface area contributed by atoms with Crippen molar-refractivity contribution in [3.8, 4) is 0 Å². The Balaban J connectivity index is 1.14. The van der Waals surface area contributed by atoms with Crippen molar-refractivity contribution >= 4 is 22.9 Å². The highest BCUT2D eigenvalue weighted by Gasteiger charge is 2.39. The first kappa shape index (κ1) is 32.6. The Bertz CT molecular complexity index is 1720. The number of aliphatic hydroxyl groups is 1. The van der Waals surface area contributed by atoms with Crippen molar-refractivity contribution in [3.63, 3.8) is 0 Å². The molecule has 0 aliphatic carbocycles. The third-order valence-corrected chi connectivity index (χ3v) is 9.42. The van der Waals surface area contributed by atoms with E-state index >= 15 is 0 Å². The van der Waals surface area contributed by atoms with Gasteiger partial charge in [0, 0.05) is 50.1 Å². The largest absolute Gasteiger partial charge is 0.481 e. The number of aliphatic carboxylic acids is 1. The Labute approximate surface area is 273 Å². The van der Waals surface area contributed by atoms with Crippen LogP contribution in [-0.4, -0.2) is 62.3 Å². The highest BCUT2D eigenvalue weighted by molar-refractivity contribution is 5.80. The summed E-state index contributed by atoms with van der Waals surface area (Å²) in [7, 11) is 0. The topological polar surface area (TPSA) is 146 Å². The zero-order valence-corrected chi connectivity index (χ0v) is 26.5. The smallest absolute Gasteiger partial charge is 0.326 e. The summed E-state index contributed by atoms with van der Waals surface area (Å²) < 4.78 is 15.2. The zero-order chi connectivity index (χ0) is 32.9. The second kappa shape index (κ2) is 14.6. The van der Waals surface area contributed by atoms with Gasteiger partial charge in [-0.1, -0.05) is 67.6 Å². The first-order chi connectivity index (χ1) is 22.8. The number of carbonyl (C=O) groups is 2. The third kappa shape index (κ3) is 7.65. The number of hydrogen-bond donors (Lipinski definition) is 4. The van der Waals surface area contributed by atoms with Crippen LogP contribution in [0.25, 0.3) is 11.0 Å². The molecule has 11 heteroatoms. The molecule has 1 amide bonds. The van der Waals surface area contributed by atoms with Gasteiger partial charge in [0.2, 0.25) is 5.91 Å². The number of piperidine rings is 1. The summed E-state index contributed by atoms with van der Waals surface area (Å²) in [5.41, 5.74) is 5.35. The van der Waals surface area contributed by atoms with E-state index in [4.69, 9.17) is 14.6 Å². The van der Waals surface area contributed by atoms with Crippen molar-refractivity contribution in [2.75, 3.05) is 19.6 Å². The number of amides is 1. The maximum atomic E-state index is 12.8. The van der Waals surface area contributed by atoms with Crippen molar-refractivity contribution in [3.05, 3.63) is 106 Å². The van der Waals surface area contributed by atoms with Crippen LogP contribution in [0.4, 0.5) is 0 Å². The number of fused-ring (bicyclic) bond motifs is 1. The van der Waals surface area contributed by atoms with Crippen LogP contribution in [0.3, 0.4) is 0 Å². The van der Waals surface area contributed by atoms with Crippen LogP contribution in [0.1, 0.15) is 73.3 Å². The average molecular weight is 643 g/mol. The molecule has 2 aliphatic rings. The molecule has 2 aliphatic heterocycles. The standard InChI is InChI=1S/C36H42N4O7/c1-23-31(21-39-18-16-28(17-19-39)40-30-5-3-2-4-29(30)38-36(40)45)46-35(47-34(23)26-10-8-25(22-41)9-11-26)27-12-6-24(7-13-27)20-37-32(42)14-15-33(43)44/h2-13,23,28,31,34-35,41H,14-22H2,1H3,(H,37,42)(H,38,45)(H,43,44). The number of hydrogen-bond acceptors (Lipinski definition) is 7. The number of nitrogens with one attached hydrogen (secondary N) is 2. The maximum absolute atomic E-state index is 12.8. The Hall–Kier alpha value is -4.29.